The van der Waals surface area contributed by atoms with Gasteiger partial charge in [-0.3, -0.25) is 9.36 Å². The average molecular weight is 545 g/mol. The van der Waals surface area contributed by atoms with Crippen LogP contribution in [-0.2, 0) is 11.3 Å². The lowest BCUT2D eigenvalue weighted by molar-refractivity contribution is -0.00265. The van der Waals surface area contributed by atoms with Gasteiger partial charge in [0.25, 0.3) is 5.56 Å². The SMILES string of the molecule is [C-]#[N+]c1cc(Nc2ncc3ccc(=O)n(CCC4CN(C(=O)OC(C)(C)C)C4)c3n2)ccc1N1CCN(C)CC1. The Balaban J connectivity index is 1.28. The third kappa shape index (κ3) is 6.18. The molecular weight excluding hydrogens is 508 g/mol. The first-order valence-corrected chi connectivity index (χ1v) is 13.7. The van der Waals surface area contributed by atoms with Gasteiger partial charge in [0.2, 0.25) is 11.6 Å². The van der Waals surface area contributed by atoms with E-state index in [1.807, 2.05) is 39.0 Å². The zero-order valence-electron chi connectivity index (χ0n) is 23.6. The van der Waals surface area contributed by atoms with Crippen molar-refractivity contribution >= 4 is 40.1 Å². The molecule has 2 fully saturated rings. The smallest absolute Gasteiger partial charge is 0.410 e. The van der Waals surface area contributed by atoms with Crippen LogP contribution in [0.3, 0.4) is 0 Å². The standard InChI is InChI=1S/C29H36N8O3/c1-29(2,3)40-28(39)36-18-20(19-36)10-11-37-25(38)9-6-21-17-31-27(33-26(21)37)32-22-7-8-24(23(16-22)30-4)35-14-12-34(5)13-15-35/h6-9,16-17,20H,10-15,18-19H2,1-3,5H3,(H,31,32,33). The van der Waals surface area contributed by atoms with Gasteiger partial charge in [0.05, 0.1) is 6.57 Å². The van der Waals surface area contributed by atoms with E-state index in [9.17, 15) is 9.59 Å². The highest BCUT2D eigenvalue weighted by molar-refractivity contribution is 5.78. The Labute approximate surface area is 234 Å². The largest absolute Gasteiger partial charge is 0.444 e. The summed E-state index contributed by atoms with van der Waals surface area (Å²) >= 11 is 0. The summed E-state index contributed by atoms with van der Waals surface area (Å²) in [5.41, 5.74) is 2.12. The number of carbonyl (C=O) groups excluding carboxylic acids is 1. The molecule has 2 saturated heterocycles. The number of piperazine rings is 1. The lowest BCUT2D eigenvalue weighted by Gasteiger charge is -2.39. The molecular formula is C29H36N8O3. The van der Waals surface area contributed by atoms with E-state index in [2.05, 4.69) is 37.0 Å². The van der Waals surface area contributed by atoms with Crippen LogP contribution < -0.4 is 15.8 Å². The van der Waals surface area contributed by atoms with Crippen molar-refractivity contribution in [2.24, 2.45) is 5.92 Å². The third-order valence-electron chi connectivity index (χ3n) is 7.29. The normalized spacial score (nSPS) is 16.5. The highest BCUT2D eigenvalue weighted by Crippen LogP contribution is 2.33. The molecule has 0 aliphatic carbocycles. The Morgan fingerprint density at radius 1 is 1.15 bits per heavy atom. The Morgan fingerprint density at radius 3 is 2.60 bits per heavy atom. The van der Waals surface area contributed by atoms with Gasteiger partial charge in [-0.2, -0.15) is 4.98 Å². The van der Waals surface area contributed by atoms with Crippen molar-refractivity contribution in [3.63, 3.8) is 0 Å². The van der Waals surface area contributed by atoms with Crippen LogP contribution in [0.25, 0.3) is 15.9 Å². The Kier molecular flexibility index (Phi) is 7.63. The number of fused-ring (bicyclic) bond motifs is 1. The second kappa shape index (κ2) is 11.1. The van der Waals surface area contributed by atoms with Crippen LogP contribution in [0.2, 0.25) is 0 Å². The molecule has 0 unspecified atom stereocenters. The summed E-state index contributed by atoms with van der Waals surface area (Å²) in [6.07, 6.45) is 2.14. The van der Waals surface area contributed by atoms with Gasteiger partial charge in [0.15, 0.2) is 0 Å². The molecule has 40 heavy (non-hydrogen) atoms. The molecule has 3 aromatic rings. The second-order valence-electron chi connectivity index (χ2n) is 11.6. The Morgan fingerprint density at radius 2 is 1.90 bits per heavy atom. The fraction of sp³-hybridized carbons (Fsp3) is 0.483. The van der Waals surface area contributed by atoms with Gasteiger partial charge in [-0.25, -0.2) is 14.6 Å². The molecule has 5 rings (SSSR count). The molecule has 0 atom stereocenters. The Bertz CT molecular complexity index is 1490. The van der Waals surface area contributed by atoms with Gasteiger partial charge in [0, 0.05) is 74.8 Å². The maximum atomic E-state index is 12.8. The zero-order chi connectivity index (χ0) is 28.4. The van der Waals surface area contributed by atoms with E-state index in [0.29, 0.717) is 48.5 Å². The first-order valence-electron chi connectivity index (χ1n) is 13.7. The minimum Gasteiger partial charge on any atom is -0.444 e. The van der Waals surface area contributed by atoms with Crippen LogP contribution in [-0.4, -0.2) is 82.3 Å². The number of ether oxygens (including phenoxy) is 1. The topological polar surface area (TPSA) is 100 Å². The molecule has 2 aliphatic rings. The number of pyridine rings is 1. The van der Waals surface area contributed by atoms with Crippen LogP contribution >= 0.6 is 0 Å². The highest BCUT2D eigenvalue weighted by atomic mass is 16.6. The fourth-order valence-electron chi connectivity index (χ4n) is 5.02. The molecule has 11 nitrogen and oxygen atoms in total. The first kappa shape index (κ1) is 27.4. The molecule has 1 aromatic carbocycles. The number of anilines is 3. The van der Waals surface area contributed by atoms with Gasteiger partial charge >= 0.3 is 6.09 Å². The number of rotatable bonds is 6. The highest BCUT2D eigenvalue weighted by Gasteiger charge is 2.33. The van der Waals surface area contributed by atoms with Crippen LogP contribution in [0.1, 0.15) is 27.2 Å². The molecule has 210 valence electrons. The summed E-state index contributed by atoms with van der Waals surface area (Å²) in [6.45, 7) is 18.7. The predicted molar refractivity (Wildman–Crippen MR) is 155 cm³/mol. The van der Waals surface area contributed by atoms with E-state index in [-0.39, 0.29) is 11.7 Å². The number of likely N-dealkylation sites (N-methyl/N-ethyl adjacent to an activating group) is 1. The number of benzene rings is 1. The summed E-state index contributed by atoms with van der Waals surface area (Å²) in [5.74, 6) is 0.648. The molecule has 2 aliphatic heterocycles. The molecule has 0 saturated carbocycles. The second-order valence-corrected chi connectivity index (χ2v) is 11.6. The van der Waals surface area contributed by atoms with Gasteiger partial charge in [-0.15, -0.1) is 0 Å². The number of hydrogen-bond donors (Lipinski definition) is 1. The van der Waals surface area contributed by atoms with Gasteiger partial charge in [0.1, 0.15) is 11.2 Å². The van der Waals surface area contributed by atoms with E-state index in [0.717, 1.165) is 43.7 Å². The van der Waals surface area contributed by atoms with Crippen LogP contribution in [0.5, 0.6) is 0 Å². The quantitative estimate of drug-likeness (QED) is 0.463. The van der Waals surface area contributed by atoms with Gasteiger partial charge in [-0.1, -0.05) is 0 Å². The number of aryl methyl sites for hydroxylation is 1. The Hall–Kier alpha value is -4.17. The summed E-state index contributed by atoms with van der Waals surface area (Å²) < 4.78 is 7.10. The minimum atomic E-state index is -0.520. The number of carbonyl (C=O) groups is 1. The number of amides is 1. The van der Waals surface area contributed by atoms with Gasteiger partial charge < -0.3 is 24.8 Å². The maximum Gasteiger partial charge on any atom is 0.410 e. The zero-order valence-corrected chi connectivity index (χ0v) is 23.6. The average Bonchev–Trinajstić information content (AvgIpc) is 2.88. The van der Waals surface area contributed by atoms with E-state index < -0.39 is 5.60 Å². The van der Waals surface area contributed by atoms with Crippen molar-refractivity contribution in [1.82, 2.24) is 24.3 Å². The minimum absolute atomic E-state index is 0.132. The number of nitrogens with one attached hydrogen (secondary N) is 1. The van der Waals surface area contributed by atoms with Crippen molar-refractivity contribution < 1.29 is 9.53 Å². The summed E-state index contributed by atoms with van der Waals surface area (Å²) in [4.78, 5) is 44.1. The molecule has 4 heterocycles. The van der Waals surface area contributed by atoms with Crippen LogP contribution in [0.4, 0.5) is 27.8 Å². The molecule has 0 spiro atoms. The fourth-order valence-corrected chi connectivity index (χ4v) is 5.02. The van der Waals surface area contributed by atoms with Crippen molar-refractivity contribution in [2.75, 3.05) is 56.5 Å². The molecule has 1 N–H and O–H groups in total. The molecule has 0 radical (unpaired) electrons. The van der Waals surface area contributed by atoms with Crippen molar-refractivity contribution in [3.05, 3.63) is 58.3 Å². The summed E-state index contributed by atoms with van der Waals surface area (Å²) in [5, 5.41) is 3.98. The number of aromatic nitrogens is 3. The molecule has 0 bridgehead atoms. The predicted octanol–water partition coefficient (Wildman–Crippen LogP) is 4.09. The van der Waals surface area contributed by atoms with E-state index in [4.69, 9.17) is 11.3 Å². The summed E-state index contributed by atoms with van der Waals surface area (Å²) in [7, 11) is 2.11. The van der Waals surface area contributed by atoms with E-state index >= 15 is 0 Å². The lowest BCUT2D eigenvalue weighted by atomic mass is 9.97. The molecule has 2 aromatic heterocycles. The molecule has 1 amide bonds. The number of nitrogens with zero attached hydrogens (tertiary/aromatic N) is 7. The monoisotopic (exact) mass is 544 g/mol. The van der Waals surface area contributed by atoms with Crippen molar-refractivity contribution in [3.8, 4) is 0 Å². The summed E-state index contributed by atoms with van der Waals surface area (Å²) in [6, 6.07) is 8.98. The molecule has 11 heteroatoms. The van der Waals surface area contributed by atoms with Crippen LogP contribution in [0.15, 0.2) is 41.3 Å². The number of hydrogen-bond acceptors (Lipinski definition) is 8. The third-order valence-corrected chi connectivity index (χ3v) is 7.29. The maximum absolute atomic E-state index is 12.8. The van der Waals surface area contributed by atoms with E-state index in [1.165, 1.54) is 6.07 Å². The van der Waals surface area contributed by atoms with Gasteiger partial charge in [-0.05, 0) is 64.4 Å². The first-order chi connectivity index (χ1) is 19.1. The van der Waals surface area contributed by atoms with E-state index in [1.54, 1.807) is 21.7 Å². The van der Waals surface area contributed by atoms with Crippen molar-refractivity contribution in [2.45, 2.75) is 39.3 Å². The van der Waals surface area contributed by atoms with Crippen molar-refractivity contribution in [1.29, 1.82) is 0 Å². The van der Waals surface area contributed by atoms with Crippen LogP contribution in [0, 0.1) is 12.5 Å². The number of likely N-dealkylation sites (tertiary alicyclic amines) is 1. The lowest BCUT2D eigenvalue weighted by Crippen LogP contribution is -2.51.